The highest BCUT2D eigenvalue weighted by Crippen LogP contribution is 2.20. The largest absolute Gasteiger partial charge is 0.489 e. The Labute approximate surface area is 163 Å². The zero-order chi connectivity index (χ0) is 19.5. The van der Waals surface area contributed by atoms with Gasteiger partial charge >= 0.3 is 0 Å². The van der Waals surface area contributed by atoms with Crippen molar-refractivity contribution in [3.8, 4) is 5.75 Å². The van der Waals surface area contributed by atoms with Gasteiger partial charge in [-0.15, -0.1) is 0 Å². The van der Waals surface area contributed by atoms with E-state index in [1.807, 2.05) is 11.9 Å². The smallest absolute Gasteiger partial charge is 0.193 e. The first kappa shape index (κ1) is 21.5. The number of aliphatic imine (C=N–C) groups is 1. The van der Waals surface area contributed by atoms with Gasteiger partial charge in [-0.3, -0.25) is 4.99 Å². The molecule has 27 heavy (non-hydrogen) atoms. The minimum absolute atomic E-state index is 0.297. The second-order valence-electron chi connectivity index (χ2n) is 7.10. The Kier molecular flexibility index (Phi) is 9.39. The van der Waals surface area contributed by atoms with Crippen LogP contribution in [0.15, 0.2) is 29.3 Å². The summed E-state index contributed by atoms with van der Waals surface area (Å²) in [6, 6.07) is 6.50. The van der Waals surface area contributed by atoms with Crippen molar-refractivity contribution >= 4 is 5.96 Å². The molecule has 1 aromatic rings. The summed E-state index contributed by atoms with van der Waals surface area (Å²) >= 11 is 0. The van der Waals surface area contributed by atoms with Crippen LogP contribution in [-0.4, -0.2) is 68.7 Å². The second-order valence-corrected chi connectivity index (χ2v) is 7.10. The normalized spacial score (nSPS) is 16.4. The third-order valence-corrected chi connectivity index (χ3v) is 5.17. The first-order chi connectivity index (χ1) is 13.1. The predicted octanol–water partition coefficient (Wildman–Crippen LogP) is 3.22. The molecule has 5 nitrogen and oxygen atoms in total. The van der Waals surface area contributed by atoms with E-state index < -0.39 is 0 Å². The van der Waals surface area contributed by atoms with Gasteiger partial charge in [0.1, 0.15) is 6.61 Å². The summed E-state index contributed by atoms with van der Waals surface area (Å²) in [7, 11) is 1.99. The fourth-order valence-corrected chi connectivity index (χ4v) is 3.37. The molecular weight excluding hydrogens is 343 g/mol. The van der Waals surface area contributed by atoms with Gasteiger partial charge in [0.05, 0.1) is 6.54 Å². The highest BCUT2D eigenvalue weighted by molar-refractivity contribution is 5.79. The first-order valence-electron chi connectivity index (χ1n) is 10.2. The van der Waals surface area contributed by atoms with Crippen molar-refractivity contribution in [3.05, 3.63) is 30.1 Å². The maximum atomic E-state index is 13.6. The van der Waals surface area contributed by atoms with E-state index >= 15 is 0 Å². The van der Waals surface area contributed by atoms with Crippen LogP contribution in [0.5, 0.6) is 5.75 Å². The van der Waals surface area contributed by atoms with Gasteiger partial charge in [-0.25, -0.2) is 4.39 Å². The molecular formula is C21H35FN4O. The van der Waals surface area contributed by atoms with E-state index in [-0.39, 0.29) is 5.82 Å². The Hall–Kier alpha value is -1.82. The van der Waals surface area contributed by atoms with Crippen molar-refractivity contribution < 1.29 is 9.13 Å². The van der Waals surface area contributed by atoms with Crippen LogP contribution in [0.4, 0.5) is 4.39 Å². The molecule has 1 saturated heterocycles. The lowest BCUT2D eigenvalue weighted by Gasteiger charge is -2.30. The van der Waals surface area contributed by atoms with Crippen LogP contribution in [-0.2, 0) is 0 Å². The van der Waals surface area contributed by atoms with Crippen LogP contribution in [0.3, 0.4) is 0 Å². The maximum Gasteiger partial charge on any atom is 0.193 e. The number of piperidine rings is 1. The molecule has 6 heteroatoms. The van der Waals surface area contributed by atoms with Gasteiger partial charge < -0.3 is 19.9 Å². The number of benzene rings is 1. The summed E-state index contributed by atoms with van der Waals surface area (Å²) in [6.07, 6.45) is 3.71. The zero-order valence-electron chi connectivity index (χ0n) is 17.1. The van der Waals surface area contributed by atoms with E-state index in [1.165, 1.54) is 32.0 Å². The van der Waals surface area contributed by atoms with Gasteiger partial charge in [0.15, 0.2) is 17.5 Å². The highest BCUT2D eigenvalue weighted by Gasteiger charge is 2.17. The highest BCUT2D eigenvalue weighted by atomic mass is 19.1. The molecule has 152 valence electrons. The van der Waals surface area contributed by atoms with Crippen molar-refractivity contribution in [3.63, 3.8) is 0 Å². The number of nitrogens with one attached hydrogen (secondary N) is 1. The SMILES string of the molecule is CCNC(=NCCC1CCN(CC)CC1)N(C)CCOc1ccccc1F. The molecule has 2 rings (SSSR count). The fourth-order valence-electron chi connectivity index (χ4n) is 3.37. The van der Waals surface area contributed by atoms with Crippen LogP contribution < -0.4 is 10.1 Å². The van der Waals surface area contributed by atoms with E-state index in [9.17, 15) is 4.39 Å². The van der Waals surface area contributed by atoms with Crippen LogP contribution >= 0.6 is 0 Å². The summed E-state index contributed by atoms with van der Waals surface area (Å²) in [5.74, 6) is 1.65. The van der Waals surface area contributed by atoms with E-state index in [0.29, 0.717) is 18.9 Å². The van der Waals surface area contributed by atoms with Crippen molar-refractivity contribution in [2.75, 3.05) is 52.9 Å². The summed E-state index contributed by atoms with van der Waals surface area (Å²) in [5, 5.41) is 3.33. The van der Waals surface area contributed by atoms with E-state index in [4.69, 9.17) is 9.73 Å². The lowest BCUT2D eigenvalue weighted by molar-refractivity contribution is 0.188. The number of hydrogen-bond acceptors (Lipinski definition) is 3. The summed E-state index contributed by atoms with van der Waals surface area (Å²) in [6.45, 7) is 10.6. The molecule has 1 aliphatic heterocycles. The molecule has 0 amide bonds. The topological polar surface area (TPSA) is 40.1 Å². The van der Waals surface area contributed by atoms with E-state index in [2.05, 4.69) is 24.1 Å². The van der Waals surface area contributed by atoms with Crippen LogP contribution in [0.25, 0.3) is 0 Å². The molecule has 1 aliphatic rings. The Bertz CT molecular complexity index is 573. The van der Waals surface area contributed by atoms with Gasteiger partial charge in [0.2, 0.25) is 0 Å². The quantitative estimate of drug-likeness (QED) is 0.529. The molecule has 0 spiro atoms. The number of ether oxygens (including phenoxy) is 1. The Morgan fingerprint density at radius 2 is 2.04 bits per heavy atom. The number of likely N-dealkylation sites (tertiary alicyclic amines) is 1. The summed E-state index contributed by atoms with van der Waals surface area (Å²) in [5.41, 5.74) is 0. The number of rotatable bonds is 9. The summed E-state index contributed by atoms with van der Waals surface area (Å²) in [4.78, 5) is 9.34. The molecule has 0 radical (unpaired) electrons. The molecule has 1 fully saturated rings. The molecule has 1 N–H and O–H groups in total. The first-order valence-corrected chi connectivity index (χ1v) is 10.2. The molecule has 0 aliphatic carbocycles. The Balaban J connectivity index is 1.75. The number of nitrogens with zero attached hydrogens (tertiary/aromatic N) is 3. The number of likely N-dealkylation sites (N-methyl/N-ethyl adjacent to an activating group) is 1. The molecule has 0 bridgehead atoms. The van der Waals surface area contributed by atoms with Gasteiger partial charge in [-0.2, -0.15) is 0 Å². The number of guanidine groups is 1. The van der Waals surface area contributed by atoms with Crippen LogP contribution in [0, 0.1) is 11.7 Å². The fraction of sp³-hybridized carbons (Fsp3) is 0.667. The lowest BCUT2D eigenvalue weighted by atomic mass is 9.94. The molecule has 0 unspecified atom stereocenters. The number of halogens is 1. The maximum absolute atomic E-state index is 13.6. The Morgan fingerprint density at radius 1 is 1.30 bits per heavy atom. The standard InChI is InChI=1S/C21H35FN4O/c1-4-23-21(24-13-10-18-11-14-26(5-2)15-12-18)25(3)16-17-27-20-9-7-6-8-19(20)22/h6-9,18H,4-5,10-17H2,1-3H3,(H,23,24). The monoisotopic (exact) mass is 378 g/mol. The van der Waals surface area contributed by atoms with Gasteiger partial charge in [-0.1, -0.05) is 19.1 Å². The van der Waals surface area contributed by atoms with Crippen LogP contribution in [0.2, 0.25) is 0 Å². The van der Waals surface area contributed by atoms with Crippen molar-refractivity contribution in [1.82, 2.24) is 15.1 Å². The van der Waals surface area contributed by atoms with E-state index in [1.54, 1.807) is 18.2 Å². The molecule has 0 saturated carbocycles. The molecule has 1 aromatic carbocycles. The zero-order valence-corrected chi connectivity index (χ0v) is 17.1. The molecule has 0 aromatic heterocycles. The lowest BCUT2D eigenvalue weighted by Crippen LogP contribution is -2.41. The average Bonchev–Trinajstić information content (AvgIpc) is 2.69. The predicted molar refractivity (Wildman–Crippen MR) is 110 cm³/mol. The van der Waals surface area contributed by atoms with E-state index in [0.717, 1.165) is 37.9 Å². The second kappa shape index (κ2) is 11.8. The third kappa shape index (κ3) is 7.37. The Morgan fingerprint density at radius 3 is 2.70 bits per heavy atom. The molecule has 1 heterocycles. The average molecular weight is 379 g/mol. The van der Waals surface area contributed by atoms with Gasteiger partial charge in [0.25, 0.3) is 0 Å². The summed E-state index contributed by atoms with van der Waals surface area (Å²) < 4.78 is 19.2. The minimum Gasteiger partial charge on any atom is -0.489 e. The number of hydrogen-bond donors (Lipinski definition) is 1. The third-order valence-electron chi connectivity index (χ3n) is 5.17. The molecule has 0 atom stereocenters. The van der Waals surface area contributed by atoms with Crippen molar-refractivity contribution in [1.29, 1.82) is 0 Å². The van der Waals surface area contributed by atoms with Crippen molar-refractivity contribution in [2.45, 2.75) is 33.1 Å². The van der Waals surface area contributed by atoms with Gasteiger partial charge in [-0.05, 0) is 63.9 Å². The van der Waals surface area contributed by atoms with Gasteiger partial charge in [0, 0.05) is 20.1 Å². The number of para-hydroxylation sites is 1. The minimum atomic E-state index is -0.324. The van der Waals surface area contributed by atoms with Crippen LogP contribution in [0.1, 0.15) is 33.1 Å². The van der Waals surface area contributed by atoms with Crippen molar-refractivity contribution in [2.24, 2.45) is 10.9 Å².